The van der Waals surface area contributed by atoms with Crippen LogP contribution in [0, 0.1) is 0 Å². The smallest absolute Gasteiger partial charge is 0.248 e. The maximum Gasteiger partial charge on any atom is 0.248 e. The molecule has 3 aromatic rings. The van der Waals surface area contributed by atoms with Gasteiger partial charge in [0.2, 0.25) is 11.8 Å². The zero-order valence-corrected chi connectivity index (χ0v) is 20.6. The van der Waals surface area contributed by atoms with Crippen molar-refractivity contribution < 1.29 is 14.4 Å². The highest BCUT2D eigenvalue weighted by atomic mass is 35.5. The summed E-state index contributed by atoms with van der Waals surface area (Å²) in [6.07, 6.45) is 4.17. The third-order valence-corrected chi connectivity index (χ3v) is 7.35. The van der Waals surface area contributed by atoms with Gasteiger partial charge in [0.1, 0.15) is 6.04 Å². The van der Waals surface area contributed by atoms with E-state index in [4.69, 9.17) is 11.6 Å². The molecule has 1 aliphatic rings. The average Bonchev–Trinajstić information content (AvgIpc) is 3.52. The number of anilines is 1. The Bertz CT molecular complexity index is 1150. The molecule has 0 radical (unpaired) electrons. The van der Waals surface area contributed by atoms with Gasteiger partial charge in [0, 0.05) is 32.8 Å². The van der Waals surface area contributed by atoms with Crippen molar-refractivity contribution in [3.8, 4) is 0 Å². The van der Waals surface area contributed by atoms with Crippen LogP contribution in [0.15, 0.2) is 66.0 Å². The van der Waals surface area contributed by atoms with Crippen LogP contribution >= 0.6 is 22.9 Å². The summed E-state index contributed by atoms with van der Waals surface area (Å²) in [5, 5.41) is 5.50. The van der Waals surface area contributed by atoms with Crippen LogP contribution in [0.3, 0.4) is 0 Å². The molecule has 0 spiro atoms. The van der Waals surface area contributed by atoms with E-state index in [0.29, 0.717) is 21.8 Å². The summed E-state index contributed by atoms with van der Waals surface area (Å²) >= 11 is 8.06. The molecule has 1 heterocycles. The summed E-state index contributed by atoms with van der Waals surface area (Å²) in [4.78, 5) is 41.7. The zero-order chi connectivity index (χ0) is 24.1. The van der Waals surface area contributed by atoms with Crippen LogP contribution in [0.2, 0.25) is 5.02 Å². The Morgan fingerprint density at radius 3 is 2.35 bits per heavy atom. The van der Waals surface area contributed by atoms with Gasteiger partial charge in [0.25, 0.3) is 0 Å². The Hall–Kier alpha value is -2.96. The standard InChI is InChI=1S/C27H27ClN2O3S/c1-18(31)19-12-14-21(15-13-19)30(25(32)17-22-9-6-16-34-22)26(23-10-4-5-11-24(23)28)27(33)29-20-7-2-3-8-20/h4-6,9-16,20,26H,2-3,7-8,17H2,1H3,(H,29,33)/t26-/m0/s1. The van der Waals surface area contributed by atoms with Gasteiger partial charge in [-0.2, -0.15) is 0 Å². The van der Waals surface area contributed by atoms with E-state index in [1.165, 1.54) is 23.2 Å². The molecule has 0 aliphatic heterocycles. The van der Waals surface area contributed by atoms with E-state index in [1.54, 1.807) is 42.5 Å². The quantitative estimate of drug-likeness (QED) is 0.392. The summed E-state index contributed by atoms with van der Waals surface area (Å²) < 4.78 is 0. The molecule has 4 rings (SSSR count). The fraction of sp³-hybridized carbons (Fsp3) is 0.296. The number of carbonyl (C=O) groups excluding carboxylic acids is 3. The first-order chi connectivity index (χ1) is 16.4. The Labute approximate surface area is 208 Å². The van der Waals surface area contributed by atoms with Crippen molar-refractivity contribution in [2.45, 2.75) is 51.1 Å². The maximum atomic E-state index is 13.7. The molecule has 1 saturated carbocycles. The number of nitrogens with zero attached hydrogens (tertiary/aromatic N) is 1. The summed E-state index contributed by atoms with van der Waals surface area (Å²) in [6.45, 7) is 1.50. The molecule has 2 amide bonds. The predicted octanol–water partition coefficient (Wildman–Crippen LogP) is 5.98. The molecule has 5 nitrogen and oxygen atoms in total. The summed E-state index contributed by atoms with van der Waals surface area (Å²) in [5.41, 5.74) is 1.65. The number of nitrogens with one attached hydrogen (secondary N) is 1. The number of amides is 2. The van der Waals surface area contributed by atoms with Crippen molar-refractivity contribution in [2.75, 3.05) is 4.90 Å². The normalized spacial score (nSPS) is 14.5. The van der Waals surface area contributed by atoms with Gasteiger partial charge < -0.3 is 5.32 Å². The molecule has 34 heavy (non-hydrogen) atoms. The number of ketones is 1. The van der Waals surface area contributed by atoms with Crippen molar-refractivity contribution in [3.63, 3.8) is 0 Å². The Morgan fingerprint density at radius 2 is 1.74 bits per heavy atom. The number of Topliss-reactive ketones (excluding diaryl/α,β-unsaturated/α-hetero) is 1. The number of hydrogen-bond donors (Lipinski definition) is 1. The minimum absolute atomic E-state index is 0.0651. The predicted molar refractivity (Wildman–Crippen MR) is 137 cm³/mol. The van der Waals surface area contributed by atoms with E-state index in [0.717, 1.165) is 30.6 Å². The van der Waals surface area contributed by atoms with E-state index in [9.17, 15) is 14.4 Å². The van der Waals surface area contributed by atoms with Crippen molar-refractivity contribution in [2.24, 2.45) is 0 Å². The molecule has 1 aliphatic carbocycles. The topological polar surface area (TPSA) is 66.5 Å². The first kappa shape index (κ1) is 24.2. The number of halogens is 1. The van der Waals surface area contributed by atoms with Crippen molar-refractivity contribution in [1.82, 2.24) is 5.32 Å². The van der Waals surface area contributed by atoms with Crippen LogP contribution in [0.5, 0.6) is 0 Å². The fourth-order valence-corrected chi connectivity index (χ4v) is 5.32. The van der Waals surface area contributed by atoms with Crippen LogP contribution in [-0.4, -0.2) is 23.6 Å². The van der Waals surface area contributed by atoms with Crippen LogP contribution in [-0.2, 0) is 16.0 Å². The molecule has 1 aromatic heterocycles. The van der Waals surface area contributed by atoms with Gasteiger partial charge in [-0.3, -0.25) is 19.3 Å². The van der Waals surface area contributed by atoms with Crippen molar-refractivity contribution in [3.05, 3.63) is 87.1 Å². The second-order valence-electron chi connectivity index (χ2n) is 8.54. The molecule has 0 unspecified atom stereocenters. The van der Waals surface area contributed by atoms with Gasteiger partial charge in [0.05, 0.1) is 6.42 Å². The number of hydrogen-bond acceptors (Lipinski definition) is 4. The van der Waals surface area contributed by atoms with Gasteiger partial charge in [0.15, 0.2) is 5.78 Å². The van der Waals surface area contributed by atoms with Gasteiger partial charge in [-0.05, 0) is 61.5 Å². The number of thiophene rings is 1. The second-order valence-corrected chi connectivity index (χ2v) is 9.98. The third kappa shape index (κ3) is 5.57. The first-order valence-electron chi connectivity index (χ1n) is 11.4. The largest absolute Gasteiger partial charge is 0.351 e. The molecule has 0 bridgehead atoms. The molecule has 176 valence electrons. The lowest BCUT2D eigenvalue weighted by molar-refractivity contribution is -0.127. The number of benzene rings is 2. The van der Waals surface area contributed by atoms with Crippen molar-refractivity contribution in [1.29, 1.82) is 0 Å². The summed E-state index contributed by atoms with van der Waals surface area (Å²) in [6, 6.07) is 16.9. The SMILES string of the molecule is CC(=O)c1ccc(N(C(=O)Cc2cccs2)[C@H](C(=O)NC2CCCC2)c2ccccc2Cl)cc1. The third-order valence-electron chi connectivity index (χ3n) is 6.13. The Morgan fingerprint density at radius 1 is 1.03 bits per heavy atom. The monoisotopic (exact) mass is 494 g/mol. The molecule has 1 fully saturated rings. The fourth-order valence-electron chi connectivity index (χ4n) is 4.39. The molecule has 7 heteroatoms. The van der Waals surface area contributed by atoms with Crippen LogP contribution in [0.4, 0.5) is 5.69 Å². The molecular formula is C27H27ClN2O3S. The van der Waals surface area contributed by atoms with Gasteiger partial charge in [-0.15, -0.1) is 11.3 Å². The van der Waals surface area contributed by atoms with Crippen LogP contribution < -0.4 is 10.2 Å². The molecule has 1 atom stereocenters. The van der Waals surface area contributed by atoms with Crippen LogP contribution in [0.25, 0.3) is 0 Å². The highest BCUT2D eigenvalue weighted by Gasteiger charge is 2.35. The molecular weight excluding hydrogens is 468 g/mol. The first-order valence-corrected chi connectivity index (χ1v) is 12.7. The van der Waals surface area contributed by atoms with Crippen molar-refractivity contribution >= 4 is 46.2 Å². The van der Waals surface area contributed by atoms with Gasteiger partial charge >= 0.3 is 0 Å². The highest BCUT2D eigenvalue weighted by Crippen LogP contribution is 2.34. The van der Waals surface area contributed by atoms with E-state index in [2.05, 4.69) is 5.32 Å². The minimum atomic E-state index is -0.940. The van der Waals surface area contributed by atoms with E-state index >= 15 is 0 Å². The zero-order valence-electron chi connectivity index (χ0n) is 19.0. The number of rotatable bonds is 8. The van der Waals surface area contributed by atoms with Gasteiger partial charge in [-0.25, -0.2) is 0 Å². The lowest BCUT2D eigenvalue weighted by Gasteiger charge is -2.33. The lowest BCUT2D eigenvalue weighted by Crippen LogP contribution is -2.47. The molecule has 0 saturated heterocycles. The summed E-state index contributed by atoms with van der Waals surface area (Å²) in [7, 11) is 0. The Balaban J connectivity index is 1.78. The average molecular weight is 495 g/mol. The maximum absolute atomic E-state index is 13.7. The minimum Gasteiger partial charge on any atom is -0.351 e. The molecule has 1 N–H and O–H groups in total. The lowest BCUT2D eigenvalue weighted by atomic mass is 10.0. The number of carbonyl (C=O) groups is 3. The van der Waals surface area contributed by atoms with E-state index < -0.39 is 6.04 Å². The Kier molecular flexibility index (Phi) is 7.80. The summed E-state index contributed by atoms with van der Waals surface area (Å²) in [5.74, 6) is -0.538. The van der Waals surface area contributed by atoms with Crippen LogP contribution in [0.1, 0.15) is 59.4 Å². The van der Waals surface area contributed by atoms with Gasteiger partial charge in [-0.1, -0.05) is 48.7 Å². The highest BCUT2D eigenvalue weighted by molar-refractivity contribution is 7.10. The van der Waals surface area contributed by atoms with E-state index in [-0.39, 0.29) is 30.1 Å². The second kappa shape index (κ2) is 11.0. The van der Waals surface area contributed by atoms with E-state index in [1.807, 2.05) is 23.6 Å². The molecule has 2 aromatic carbocycles.